The van der Waals surface area contributed by atoms with Crippen LogP contribution in [0.2, 0.25) is 0 Å². The maximum Gasteiger partial charge on any atom is 0.295 e. The molecule has 0 saturated carbocycles. The number of ether oxygens (including phenoxy) is 1. The SMILES string of the molecule is COC1CCCN(c2cc(C)nc3c([N+](=O)[O-])cccc23)C1. The topological polar surface area (TPSA) is 68.5 Å². The number of nitrogens with zero attached hydrogens (tertiary/aromatic N) is 3. The number of pyridine rings is 1. The number of methoxy groups -OCH3 is 1. The van der Waals surface area contributed by atoms with Gasteiger partial charge in [0.2, 0.25) is 0 Å². The number of non-ortho nitro benzene ring substituents is 1. The summed E-state index contributed by atoms with van der Waals surface area (Å²) in [5, 5.41) is 12.1. The molecule has 6 heteroatoms. The zero-order chi connectivity index (χ0) is 15.7. The van der Waals surface area contributed by atoms with Crippen LogP contribution in [0.5, 0.6) is 0 Å². The van der Waals surface area contributed by atoms with Gasteiger partial charge in [-0.2, -0.15) is 0 Å². The van der Waals surface area contributed by atoms with Gasteiger partial charge in [-0.25, -0.2) is 4.98 Å². The lowest BCUT2D eigenvalue weighted by Gasteiger charge is -2.34. The number of anilines is 1. The van der Waals surface area contributed by atoms with Crippen LogP contribution in [0, 0.1) is 17.0 Å². The first-order valence-corrected chi connectivity index (χ1v) is 7.42. The van der Waals surface area contributed by atoms with Crippen molar-refractivity contribution in [1.82, 2.24) is 4.98 Å². The van der Waals surface area contributed by atoms with E-state index in [1.165, 1.54) is 6.07 Å². The molecule has 1 aromatic carbocycles. The summed E-state index contributed by atoms with van der Waals surface area (Å²) in [7, 11) is 1.73. The van der Waals surface area contributed by atoms with Crippen molar-refractivity contribution in [3.05, 3.63) is 40.1 Å². The number of hydrogen-bond acceptors (Lipinski definition) is 5. The van der Waals surface area contributed by atoms with Gasteiger partial charge in [-0.1, -0.05) is 12.1 Å². The van der Waals surface area contributed by atoms with E-state index in [2.05, 4.69) is 9.88 Å². The molecule has 0 spiro atoms. The summed E-state index contributed by atoms with van der Waals surface area (Å²) in [5.74, 6) is 0. The summed E-state index contributed by atoms with van der Waals surface area (Å²) >= 11 is 0. The summed E-state index contributed by atoms with van der Waals surface area (Å²) in [6, 6.07) is 7.13. The number of fused-ring (bicyclic) bond motifs is 1. The number of nitro benzene ring substituents is 1. The van der Waals surface area contributed by atoms with Gasteiger partial charge in [-0.15, -0.1) is 0 Å². The van der Waals surface area contributed by atoms with Crippen molar-refractivity contribution < 1.29 is 9.66 Å². The van der Waals surface area contributed by atoms with Gasteiger partial charge in [-0.05, 0) is 25.8 Å². The molecule has 1 fully saturated rings. The lowest BCUT2D eigenvalue weighted by Crippen LogP contribution is -2.39. The summed E-state index contributed by atoms with van der Waals surface area (Å²) in [6.45, 7) is 3.61. The normalized spacial score (nSPS) is 18.6. The molecule has 1 unspecified atom stereocenters. The van der Waals surface area contributed by atoms with Gasteiger partial charge < -0.3 is 9.64 Å². The molecule has 116 valence electrons. The van der Waals surface area contributed by atoms with Gasteiger partial charge in [-0.3, -0.25) is 10.1 Å². The minimum Gasteiger partial charge on any atom is -0.380 e. The first-order valence-electron chi connectivity index (χ1n) is 7.42. The van der Waals surface area contributed by atoms with Crippen molar-refractivity contribution in [2.75, 3.05) is 25.1 Å². The Morgan fingerprint density at radius 3 is 3.00 bits per heavy atom. The molecule has 3 rings (SSSR count). The number of rotatable bonds is 3. The average Bonchev–Trinajstić information content (AvgIpc) is 2.53. The third-order valence-corrected chi connectivity index (χ3v) is 4.17. The molecule has 6 nitrogen and oxygen atoms in total. The van der Waals surface area contributed by atoms with Crippen LogP contribution in [0.25, 0.3) is 10.9 Å². The molecule has 1 aliphatic heterocycles. The minimum atomic E-state index is -0.368. The van der Waals surface area contributed by atoms with Crippen LogP contribution in [0.3, 0.4) is 0 Å². The Balaban J connectivity index is 2.13. The van der Waals surface area contributed by atoms with E-state index < -0.39 is 0 Å². The van der Waals surface area contributed by atoms with Crippen LogP contribution < -0.4 is 4.90 Å². The Morgan fingerprint density at radius 2 is 2.27 bits per heavy atom. The number of hydrogen-bond donors (Lipinski definition) is 0. The van der Waals surface area contributed by atoms with Gasteiger partial charge in [0.25, 0.3) is 5.69 Å². The molecule has 0 amide bonds. The fourth-order valence-electron chi connectivity index (χ4n) is 3.10. The second-order valence-electron chi connectivity index (χ2n) is 5.66. The Morgan fingerprint density at radius 1 is 1.45 bits per heavy atom. The number of aromatic nitrogens is 1. The highest BCUT2D eigenvalue weighted by molar-refractivity contribution is 5.97. The lowest BCUT2D eigenvalue weighted by atomic mass is 10.0. The predicted octanol–water partition coefficient (Wildman–Crippen LogP) is 3.07. The second-order valence-corrected chi connectivity index (χ2v) is 5.66. The summed E-state index contributed by atoms with van der Waals surface area (Å²) < 4.78 is 5.48. The van der Waals surface area contributed by atoms with Crippen molar-refractivity contribution in [1.29, 1.82) is 0 Å². The molecule has 1 saturated heterocycles. The van der Waals surface area contributed by atoms with Crippen molar-refractivity contribution >= 4 is 22.3 Å². The fraction of sp³-hybridized carbons (Fsp3) is 0.438. The van der Waals surface area contributed by atoms with E-state index in [1.807, 2.05) is 19.1 Å². The van der Waals surface area contributed by atoms with E-state index in [0.717, 1.165) is 42.7 Å². The van der Waals surface area contributed by atoms with Crippen LogP contribution >= 0.6 is 0 Å². The number of para-hydroxylation sites is 1. The smallest absolute Gasteiger partial charge is 0.295 e. The molecular formula is C16H19N3O3. The molecular weight excluding hydrogens is 282 g/mol. The second kappa shape index (κ2) is 5.88. The third kappa shape index (κ3) is 2.62. The van der Waals surface area contributed by atoms with Gasteiger partial charge in [0.1, 0.15) is 0 Å². The maximum atomic E-state index is 11.2. The molecule has 1 aliphatic rings. The van der Waals surface area contributed by atoms with Crippen molar-refractivity contribution in [3.63, 3.8) is 0 Å². The van der Waals surface area contributed by atoms with Gasteiger partial charge in [0.05, 0.1) is 11.0 Å². The molecule has 1 atom stereocenters. The number of aryl methyl sites for hydroxylation is 1. The molecule has 0 bridgehead atoms. The largest absolute Gasteiger partial charge is 0.380 e. The molecule has 0 radical (unpaired) electrons. The quantitative estimate of drug-likeness (QED) is 0.643. The molecule has 2 aromatic rings. The van der Waals surface area contributed by atoms with Crippen molar-refractivity contribution in [2.24, 2.45) is 0 Å². The van der Waals surface area contributed by atoms with E-state index >= 15 is 0 Å². The highest BCUT2D eigenvalue weighted by Crippen LogP contribution is 2.33. The maximum absolute atomic E-state index is 11.2. The zero-order valence-electron chi connectivity index (χ0n) is 12.8. The van der Waals surface area contributed by atoms with Gasteiger partial charge in [0.15, 0.2) is 5.52 Å². The zero-order valence-corrected chi connectivity index (χ0v) is 12.8. The number of benzene rings is 1. The molecule has 0 N–H and O–H groups in total. The van der Waals surface area contributed by atoms with E-state index in [1.54, 1.807) is 13.2 Å². The first kappa shape index (κ1) is 14.7. The highest BCUT2D eigenvalue weighted by atomic mass is 16.6. The average molecular weight is 301 g/mol. The van der Waals surface area contributed by atoms with Crippen LogP contribution in [-0.4, -0.2) is 36.2 Å². The third-order valence-electron chi connectivity index (χ3n) is 4.17. The Kier molecular flexibility index (Phi) is 3.94. The molecule has 0 aliphatic carbocycles. The summed E-state index contributed by atoms with van der Waals surface area (Å²) in [6.07, 6.45) is 2.31. The summed E-state index contributed by atoms with van der Waals surface area (Å²) in [4.78, 5) is 17.5. The molecule has 1 aromatic heterocycles. The number of piperidine rings is 1. The highest BCUT2D eigenvalue weighted by Gasteiger charge is 2.23. The van der Waals surface area contributed by atoms with Crippen LogP contribution in [0.4, 0.5) is 11.4 Å². The Hall–Kier alpha value is -2.21. The van der Waals surface area contributed by atoms with E-state index in [9.17, 15) is 10.1 Å². The van der Waals surface area contributed by atoms with Crippen LogP contribution in [0.15, 0.2) is 24.3 Å². The van der Waals surface area contributed by atoms with Crippen LogP contribution in [-0.2, 0) is 4.74 Å². The Labute approximate surface area is 128 Å². The molecule has 2 heterocycles. The van der Waals surface area contributed by atoms with Gasteiger partial charge in [0, 0.05) is 43.0 Å². The van der Waals surface area contributed by atoms with E-state index in [-0.39, 0.29) is 16.7 Å². The number of nitro groups is 1. The van der Waals surface area contributed by atoms with Gasteiger partial charge >= 0.3 is 0 Å². The van der Waals surface area contributed by atoms with E-state index in [4.69, 9.17) is 4.74 Å². The fourth-order valence-corrected chi connectivity index (χ4v) is 3.10. The first-order chi connectivity index (χ1) is 10.6. The minimum absolute atomic E-state index is 0.0581. The standard InChI is InChI=1S/C16H19N3O3/c1-11-9-15(18-8-4-5-12(10-18)22-2)13-6-3-7-14(19(20)21)16(13)17-11/h3,6-7,9,12H,4-5,8,10H2,1-2H3. The predicted molar refractivity (Wildman–Crippen MR) is 85.4 cm³/mol. The Bertz CT molecular complexity index is 717. The van der Waals surface area contributed by atoms with Crippen molar-refractivity contribution in [3.8, 4) is 0 Å². The van der Waals surface area contributed by atoms with E-state index in [0.29, 0.717) is 5.52 Å². The summed E-state index contributed by atoms with van der Waals surface area (Å²) in [5.41, 5.74) is 2.31. The van der Waals surface area contributed by atoms with Crippen LogP contribution in [0.1, 0.15) is 18.5 Å². The lowest BCUT2D eigenvalue weighted by molar-refractivity contribution is -0.383. The van der Waals surface area contributed by atoms with Crippen molar-refractivity contribution in [2.45, 2.75) is 25.9 Å². The molecule has 22 heavy (non-hydrogen) atoms. The monoisotopic (exact) mass is 301 g/mol.